The highest BCUT2D eigenvalue weighted by molar-refractivity contribution is 6.30. The monoisotopic (exact) mass is 373 g/mol. The summed E-state index contributed by atoms with van der Waals surface area (Å²) in [5.41, 5.74) is 2.39. The molecule has 2 rings (SSSR count). The van der Waals surface area contributed by atoms with E-state index in [0.29, 0.717) is 16.1 Å². The molecule has 0 aliphatic carbocycles. The summed E-state index contributed by atoms with van der Waals surface area (Å²) in [6, 6.07) is 10.1. The molecule has 2 aromatic rings. The average molecular weight is 374 g/mol. The third-order valence-corrected chi connectivity index (χ3v) is 3.95. The van der Waals surface area contributed by atoms with Gasteiger partial charge >= 0.3 is 0 Å². The van der Waals surface area contributed by atoms with Crippen LogP contribution in [-0.2, 0) is 17.6 Å². The van der Waals surface area contributed by atoms with Crippen LogP contribution in [-0.4, -0.2) is 22.3 Å². The Kier molecular flexibility index (Phi) is 6.09. The lowest BCUT2D eigenvalue weighted by atomic mass is 9.98. The van der Waals surface area contributed by atoms with E-state index in [-0.39, 0.29) is 35.8 Å². The molecule has 0 aromatic heterocycles. The second-order valence-corrected chi connectivity index (χ2v) is 8.01. The van der Waals surface area contributed by atoms with Crippen LogP contribution in [0.4, 0.5) is 0 Å². The highest BCUT2D eigenvalue weighted by Gasteiger charge is 2.17. The second kappa shape index (κ2) is 7.92. The minimum atomic E-state index is -0.332. The second-order valence-electron chi connectivity index (χ2n) is 7.58. The van der Waals surface area contributed by atoms with Gasteiger partial charge in [-0.05, 0) is 63.6 Å². The number of hydrogen-bond acceptors (Lipinski definition) is 3. The zero-order valence-corrected chi connectivity index (χ0v) is 16.3. The molecule has 0 fully saturated rings. The highest BCUT2D eigenvalue weighted by atomic mass is 35.5. The van der Waals surface area contributed by atoms with Crippen molar-refractivity contribution in [3.8, 4) is 5.75 Å². The van der Waals surface area contributed by atoms with E-state index in [1.807, 2.05) is 33.8 Å². The van der Waals surface area contributed by atoms with Gasteiger partial charge in [0.25, 0.3) is 5.91 Å². The SMILES string of the molecule is Cc1cc(CC(=O)Cc2cc(Cl)ccc2O)cc(C(=O)NC(C)(C)C)c1. The Balaban J connectivity index is 2.15. The molecule has 2 aromatic carbocycles. The molecule has 0 atom stereocenters. The number of benzene rings is 2. The van der Waals surface area contributed by atoms with E-state index in [0.717, 1.165) is 11.1 Å². The number of phenols is 1. The van der Waals surface area contributed by atoms with Crippen molar-refractivity contribution in [2.75, 3.05) is 0 Å². The first kappa shape index (κ1) is 20.0. The van der Waals surface area contributed by atoms with Gasteiger partial charge in [0, 0.05) is 34.5 Å². The Morgan fingerprint density at radius 1 is 1.08 bits per heavy atom. The summed E-state index contributed by atoms with van der Waals surface area (Å²) >= 11 is 5.92. The largest absolute Gasteiger partial charge is 0.508 e. The molecule has 138 valence electrons. The van der Waals surface area contributed by atoms with Crippen molar-refractivity contribution in [3.05, 3.63) is 63.7 Å². The van der Waals surface area contributed by atoms with Crippen LogP contribution >= 0.6 is 11.6 Å². The number of aromatic hydroxyl groups is 1. The lowest BCUT2D eigenvalue weighted by molar-refractivity contribution is -0.117. The molecular formula is C21H24ClNO3. The quantitative estimate of drug-likeness (QED) is 0.823. The van der Waals surface area contributed by atoms with Crippen molar-refractivity contribution < 1.29 is 14.7 Å². The van der Waals surface area contributed by atoms with Crippen LogP contribution in [0.15, 0.2) is 36.4 Å². The molecule has 0 saturated heterocycles. The maximum absolute atomic E-state index is 12.4. The predicted molar refractivity (Wildman–Crippen MR) is 104 cm³/mol. The van der Waals surface area contributed by atoms with E-state index in [1.54, 1.807) is 24.3 Å². The first-order valence-electron chi connectivity index (χ1n) is 8.46. The number of aryl methyl sites for hydroxylation is 1. The Morgan fingerprint density at radius 3 is 2.42 bits per heavy atom. The topological polar surface area (TPSA) is 66.4 Å². The van der Waals surface area contributed by atoms with Gasteiger partial charge in [0.15, 0.2) is 0 Å². The molecule has 0 bridgehead atoms. The van der Waals surface area contributed by atoms with Crippen LogP contribution in [0.2, 0.25) is 5.02 Å². The van der Waals surface area contributed by atoms with E-state index in [2.05, 4.69) is 5.32 Å². The number of hydrogen-bond donors (Lipinski definition) is 2. The zero-order valence-electron chi connectivity index (χ0n) is 15.5. The van der Waals surface area contributed by atoms with Gasteiger partial charge in [0.2, 0.25) is 0 Å². The number of amides is 1. The Bertz CT molecular complexity index is 838. The van der Waals surface area contributed by atoms with Gasteiger partial charge in [-0.1, -0.05) is 23.2 Å². The van der Waals surface area contributed by atoms with Crippen LogP contribution in [0.1, 0.15) is 47.8 Å². The van der Waals surface area contributed by atoms with Crippen LogP contribution in [0, 0.1) is 6.92 Å². The van der Waals surface area contributed by atoms with E-state index >= 15 is 0 Å². The first-order chi connectivity index (χ1) is 12.0. The third kappa shape index (κ3) is 5.88. The summed E-state index contributed by atoms with van der Waals surface area (Å²) in [6.07, 6.45) is 0.271. The number of ketones is 1. The lowest BCUT2D eigenvalue weighted by Crippen LogP contribution is -2.40. The summed E-state index contributed by atoms with van der Waals surface area (Å²) in [5, 5.41) is 13.3. The van der Waals surface area contributed by atoms with Crippen LogP contribution in [0.5, 0.6) is 5.75 Å². The van der Waals surface area contributed by atoms with Gasteiger partial charge in [-0.2, -0.15) is 0 Å². The van der Waals surface area contributed by atoms with Crippen LogP contribution in [0.25, 0.3) is 0 Å². The van der Waals surface area contributed by atoms with Crippen LogP contribution in [0.3, 0.4) is 0 Å². The number of rotatable bonds is 5. The molecule has 0 unspecified atom stereocenters. The maximum atomic E-state index is 12.4. The fraction of sp³-hybridized carbons (Fsp3) is 0.333. The number of carbonyl (C=O) groups excluding carboxylic acids is 2. The molecule has 0 heterocycles. The summed E-state index contributed by atoms with van der Waals surface area (Å²) in [5.74, 6) is -0.171. The Morgan fingerprint density at radius 2 is 1.77 bits per heavy atom. The summed E-state index contributed by atoms with van der Waals surface area (Å²) in [6.45, 7) is 7.65. The standard InChI is InChI=1S/C21H24ClNO3/c1-13-7-14(9-16(8-13)20(26)23-21(2,3)4)10-18(24)12-15-11-17(22)5-6-19(15)25/h5-9,11,25H,10,12H2,1-4H3,(H,23,26). The van der Waals surface area contributed by atoms with Gasteiger partial charge in [-0.3, -0.25) is 9.59 Å². The number of carbonyl (C=O) groups is 2. The number of halogens is 1. The van der Waals surface area contributed by atoms with Gasteiger partial charge < -0.3 is 10.4 Å². The smallest absolute Gasteiger partial charge is 0.251 e. The van der Waals surface area contributed by atoms with Gasteiger partial charge in [-0.15, -0.1) is 0 Å². The minimum Gasteiger partial charge on any atom is -0.508 e. The molecule has 1 amide bonds. The number of Topliss-reactive ketones (excluding diaryl/α,β-unsaturated/α-hetero) is 1. The lowest BCUT2D eigenvalue weighted by Gasteiger charge is -2.21. The molecule has 4 nitrogen and oxygen atoms in total. The Hall–Kier alpha value is -2.33. The first-order valence-corrected chi connectivity index (χ1v) is 8.83. The third-order valence-electron chi connectivity index (χ3n) is 3.72. The van der Waals surface area contributed by atoms with Crippen molar-refractivity contribution in [2.24, 2.45) is 0 Å². The minimum absolute atomic E-state index is 0.0530. The molecule has 0 saturated carbocycles. The van der Waals surface area contributed by atoms with Gasteiger partial charge in [0.1, 0.15) is 11.5 Å². The van der Waals surface area contributed by atoms with E-state index in [9.17, 15) is 14.7 Å². The molecule has 0 radical (unpaired) electrons. The average Bonchev–Trinajstić information content (AvgIpc) is 2.48. The molecule has 0 aliphatic rings. The number of nitrogens with one attached hydrogen (secondary N) is 1. The predicted octanol–water partition coefficient (Wildman–Crippen LogP) is 4.24. The fourth-order valence-corrected chi connectivity index (χ4v) is 2.90. The maximum Gasteiger partial charge on any atom is 0.251 e. The summed E-state index contributed by atoms with van der Waals surface area (Å²) in [4.78, 5) is 24.8. The Labute approximate surface area is 159 Å². The van der Waals surface area contributed by atoms with Crippen molar-refractivity contribution in [1.82, 2.24) is 5.32 Å². The zero-order chi connectivity index (χ0) is 19.5. The molecule has 0 spiro atoms. The van der Waals surface area contributed by atoms with E-state index in [1.165, 1.54) is 6.07 Å². The van der Waals surface area contributed by atoms with Gasteiger partial charge in [-0.25, -0.2) is 0 Å². The van der Waals surface area contributed by atoms with E-state index < -0.39 is 0 Å². The van der Waals surface area contributed by atoms with Crippen molar-refractivity contribution in [3.63, 3.8) is 0 Å². The van der Waals surface area contributed by atoms with Crippen molar-refractivity contribution >= 4 is 23.3 Å². The fourth-order valence-electron chi connectivity index (χ4n) is 2.71. The van der Waals surface area contributed by atoms with Crippen molar-refractivity contribution in [2.45, 2.75) is 46.1 Å². The van der Waals surface area contributed by atoms with Crippen molar-refractivity contribution in [1.29, 1.82) is 0 Å². The molecule has 5 heteroatoms. The molecule has 26 heavy (non-hydrogen) atoms. The molecular weight excluding hydrogens is 350 g/mol. The molecule has 0 aliphatic heterocycles. The normalized spacial score (nSPS) is 11.3. The van der Waals surface area contributed by atoms with Gasteiger partial charge in [0.05, 0.1) is 0 Å². The molecule has 2 N–H and O–H groups in total. The van der Waals surface area contributed by atoms with E-state index in [4.69, 9.17) is 11.6 Å². The summed E-state index contributed by atoms with van der Waals surface area (Å²) in [7, 11) is 0. The van der Waals surface area contributed by atoms with Crippen LogP contribution < -0.4 is 5.32 Å². The summed E-state index contributed by atoms with van der Waals surface area (Å²) < 4.78 is 0. The number of phenolic OH excluding ortho intramolecular Hbond substituents is 1. The highest BCUT2D eigenvalue weighted by Crippen LogP contribution is 2.22.